The number of aldehydes is 1. The van der Waals surface area contributed by atoms with E-state index in [9.17, 15) is 4.79 Å². The lowest BCUT2D eigenvalue weighted by atomic mass is 9.63. The SMILES string of the molecule is C=C1CCC[C@](C)(CCOC2CCCCO2)[C@H]1CC=O. The van der Waals surface area contributed by atoms with Crippen molar-refractivity contribution in [2.75, 3.05) is 13.2 Å². The Morgan fingerprint density at radius 2 is 2.30 bits per heavy atom. The van der Waals surface area contributed by atoms with Crippen molar-refractivity contribution in [2.45, 2.75) is 64.6 Å². The normalized spacial score (nSPS) is 35.0. The highest BCUT2D eigenvalue weighted by molar-refractivity contribution is 5.51. The molecule has 0 aromatic heterocycles. The molecule has 0 aromatic rings. The van der Waals surface area contributed by atoms with Gasteiger partial charge in [-0.3, -0.25) is 0 Å². The van der Waals surface area contributed by atoms with E-state index in [-0.39, 0.29) is 11.7 Å². The Morgan fingerprint density at radius 3 is 3.00 bits per heavy atom. The van der Waals surface area contributed by atoms with Crippen molar-refractivity contribution in [1.82, 2.24) is 0 Å². The molecule has 0 bridgehead atoms. The number of ether oxygens (including phenoxy) is 2. The third kappa shape index (κ3) is 3.92. The Hall–Kier alpha value is -0.670. The molecule has 0 aromatic carbocycles. The molecule has 0 radical (unpaired) electrons. The summed E-state index contributed by atoms with van der Waals surface area (Å²) in [4.78, 5) is 10.9. The van der Waals surface area contributed by atoms with Gasteiger partial charge in [-0.25, -0.2) is 0 Å². The van der Waals surface area contributed by atoms with Gasteiger partial charge in [-0.2, -0.15) is 0 Å². The van der Waals surface area contributed by atoms with Gasteiger partial charge >= 0.3 is 0 Å². The predicted octanol–water partition coefficient (Wildman–Crippen LogP) is 3.87. The summed E-state index contributed by atoms with van der Waals surface area (Å²) in [5, 5.41) is 0. The van der Waals surface area contributed by atoms with Crippen LogP contribution in [0.1, 0.15) is 58.3 Å². The van der Waals surface area contributed by atoms with Gasteiger partial charge in [0.15, 0.2) is 6.29 Å². The van der Waals surface area contributed by atoms with E-state index in [4.69, 9.17) is 9.47 Å². The zero-order valence-corrected chi connectivity index (χ0v) is 12.7. The van der Waals surface area contributed by atoms with Crippen LogP contribution >= 0.6 is 0 Å². The molecule has 20 heavy (non-hydrogen) atoms. The maximum atomic E-state index is 10.9. The standard InChI is InChI=1S/C17H28O3/c1-14-6-5-9-17(2,15(14)8-11-18)10-13-20-16-7-3-4-12-19-16/h11,15-16H,1,3-10,12-13H2,2H3/t15-,16?,17+/m0/s1. The molecule has 0 N–H and O–H groups in total. The Kier molecular flexibility index (Phi) is 5.79. The minimum atomic E-state index is -0.0105. The van der Waals surface area contributed by atoms with Crippen LogP contribution in [0.3, 0.4) is 0 Å². The van der Waals surface area contributed by atoms with Crippen molar-refractivity contribution in [2.24, 2.45) is 11.3 Å². The summed E-state index contributed by atoms with van der Waals surface area (Å²) in [6.07, 6.45) is 9.42. The molecule has 2 fully saturated rings. The fourth-order valence-corrected chi connectivity index (χ4v) is 3.67. The van der Waals surface area contributed by atoms with E-state index in [1.807, 2.05) is 0 Å². The zero-order valence-electron chi connectivity index (χ0n) is 12.7. The van der Waals surface area contributed by atoms with Crippen LogP contribution in [-0.4, -0.2) is 25.8 Å². The minimum absolute atomic E-state index is 0.0105. The molecular weight excluding hydrogens is 252 g/mol. The first-order chi connectivity index (χ1) is 9.65. The Bertz CT molecular complexity index is 333. The molecule has 1 saturated heterocycles. The lowest BCUT2D eigenvalue weighted by molar-refractivity contribution is -0.167. The maximum Gasteiger partial charge on any atom is 0.157 e. The molecule has 1 unspecified atom stereocenters. The van der Waals surface area contributed by atoms with Crippen LogP contribution in [-0.2, 0) is 14.3 Å². The molecule has 2 rings (SSSR count). The van der Waals surface area contributed by atoms with E-state index in [1.165, 1.54) is 24.8 Å². The van der Waals surface area contributed by atoms with Gasteiger partial charge in [0, 0.05) is 13.0 Å². The van der Waals surface area contributed by atoms with E-state index >= 15 is 0 Å². The van der Waals surface area contributed by atoms with Crippen molar-refractivity contribution in [3.05, 3.63) is 12.2 Å². The lowest BCUT2D eigenvalue weighted by Gasteiger charge is -2.42. The fourth-order valence-electron chi connectivity index (χ4n) is 3.67. The van der Waals surface area contributed by atoms with Gasteiger partial charge < -0.3 is 14.3 Å². The lowest BCUT2D eigenvalue weighted by Crippen LogP contribution is -2.34. The molecule has 3 heteroatoms. The van der Waals surface area contributed by atoms with E-state index in [2.05, 4.69) is 13.5 Å². The molecule has 1 saturated carbocycles. The zero-order chi connectivity index (χ0) is 14.4. The average molecular weight is 280 g/mol. The summed E-state index contributed by atoms with van der Waals surface area (Å²) in [5.41, 5.74) is 1.41. The second-order valence-corrected chi connectivity index (χ2v) is 6.54. The van der Waals surface area contributed by atoms with Crippen molar-refractivity contribution in [3.63, 3.8) is 0 Å². The van der Waals surface area contributed by atoms with E-state index in [1.54, 1.807) is 0 Å². The molecule has 2 aliphatic rings. The monoisotopic (exact) mass is 280 g/mol. The Labute approximate surface area is 122 Å². The van der Waals surface area contributed by atoms with Crippen LogP contribution in [0.2, 0.25) is 0 Å². The first kappa shape index (κ1) is 15.7. The molecule has 3 atom stereocenters. The highest BCUT2D eigenvalue weighted by atomic mass is 16.7. The highest BCUT2D eigenvalue weighted by Gasteiger charge is 2.38. The quantitative estimate of drug-likeness (QED) is 0.547. The molecular formula is C17H28O3. The second-order valence-electron chi connectivity index (χ2n) is 6.54. The Balaban J connectivity index is 1.84. The predicted molar refractivity (Wildman–Crippen MR) is 79.4 cm³/mol. The Morgan fingerprint density at radius 1 is 1.45 bits per heavy atom. The first-order valence-electron chi connectivity index (χ1n) is 8.00. The third-order valence-corrected chi connectivity index (χ3v) is 5.03. The fraction of sp³-hybridized carbons (Fsp3) is 0.824. The topological polar surface area (TPSA) is 35.5 Å². The van der Waals surface area contributed by atoms with Gasteiger partial charge in [-0.1, -0.05) is 19.1 Å². The van der Waals surface area contributed by atoms with Crippen molar-refractivity contribution in [3.8, 4) is 0 Å². The summed E-state index contributed by atoms with van der Waals surface area (Å²) in [6.45, 7) is 8.02. The third-order valence-electron chi connectivity index (χ3n) is 5.03. The van der Waals surface area contributed by atoms with Gasteiger partial charge in [0.25, 0.3) is 0 Å². The van der Waals surface area contributed by atoms with Crippen molar-refractivity contribution in [1.29, 1.82) is 0 Å². The average Bonchev–Trinajstić information content (AvgIpc) is 2.44. The van der Waals surface area contributed by atoms with Crippen LogP contribution < -0.4 is 0 Å². The van der Waals surface area contributed by atoms with Crippen LogP contribution in [0, 0.1) is 11.3 Å². The van der Waals surface area contributed by atoms with Gasteiger partial charge in [0.05, 0.1) is 6.61 Å². The summed E-state index contributed by atoms with van der Waals surface area (Å²) in [6, 6.07) is 0. The van der Waals surface area contributed by atoms with Crippen molar-refractivity contribution >= 4 is 6.29 Å². The summed E-state index contributed by atoms with van der Waals surface area (Å²) < 4.78 is 11.5. The summed E-state index contributed by atoms with van der Waals surface area (Å²) >= 11 is 0. The number of hydrogen-bond acceptors (Lipinski definition) is 3. The van der Waals surface area contributed by atoms with Crippen LogP contribution in [0.25, 0.3) is 0 Å². The number of carbonyl (C=O) groups excluding carboxylic acids is 1. The number of rotatable bonds is 6. The van der Waals surface area contributed by atoms with Gasteiger partial charge in [-0.15, -0.1) is 0 Å². The van der Waals surface area contributed by atoms with E-state index < -0.39 is 0 Å². The molecule has 1 aliphatic carbocycles. The number of allylic oxidation sites excluding steroid dienone is 1. The van der Waals surface area contributed by atoms with Gasteiger partial charge in [-0.05, 0) is 56.3 Å². The van der Waals surface area contributed by atoms with Crippen LogP contribution in [0.15, 0.2) is 12.2 Å². The summed E-state index contributed by atoms with van der Waals surface area (Å²) in [7, 11) is 0. The van der Waals surface area contributed by atoms with Crippen LogP contribution in [0.4, 0.5) is 0 Å². The second kappa shape index (κ2) is 7.37. The van der Waals surface area contributed by atoms with E-state index in [0.29, 0.717) is 12.3 Å². The van der Waals surface area contributed by atoms with Gasteiger partial charge in [0.1, 0.15) is 6.29 Å². The molecule has 0 amide bonds. The first-order valence-corrected chi connectivity index (χ1v) is 8.00. The molecule has 1 heterocycles. The molecule has 1 aliphatic heterocycles. The number of carbonyl (C=O) groups is 1. The highest BCUT2D eigenvalue weighted by Crippen LogP contribution is 2.47. The molecule has 3 nitrogen and oxygen atoms in total. The maximum absolute atomic E-state index is 10.9. The van der Waals surface area contributed by atoms with E-state index in [0.717, 1.165) is 45.2 Å². The minimum Gasteiger partial charge on any atom is -0.353 e. The largest absolute Gasteiger partial charge is 0.353 e. The summed E-state index contributed by atoms with van der Waals surface area (Å²) in [5.74, 6) is 0.324. The van der Waals surface area contributed by atoms with Crippen LogP contribution in [0.5, 0.6) is 0 Å². The smallest absolute Gasteiger partial charge is 0.157 e. The van der Waals surface area contributed by atoms with Crippen molar-refractivity contribution < 1.29 is 14.3 Å². The molecule has 0 spiro atoms. The number of hydrogen-bond donors (Lipinski definition) is 0. The van der Waals surface area contributed by atoms with Gasteiger partial charge in [0.2, 0.25) is 0 Å². The molecule has 114 valence electrons.